The van der Waals surface area contributed by atoms with Gasteiger partial charge in [-0.05, 0) is 73.9 Å². The van der Waals surface area contributed by atoms with Gasteiger partial charge in [0.2, 0.25) is 11.8 Å². The van der Waals surface area contributed by atoms with Gasteiger partial charge < -0.3 is 15.0 Å². The Morgan fingerprint density at radius 2 is 1.61 bits per heavy atom. The van der Waals surface area contributed by atoms with Crippen LogP contribution in [-0.4, -0.2) is 50.9 Å². The van der Waals surface area contributed by atoms with E-state index in [2.05, 4.69) is 5.32 Å². The fourth-order valence-electron chi connectivity index (χ4n) is 4.01. The maximum Gasteiger partial charge on any atom is 0.264 e. The van der Waals surface area contributed by atoms with Crippen LogP contribution in [0.15, 0.2) is 77.7 Å². The minimum absolute atomic E-state index is 0.0443. The Hall–Kier alpha value is -3.63. The topological polar surface area (TPSA) is 96.0 Å². The summed E-state index contributed by atoms with van der Waals surface area (Å²) in [6, 6.07) is 16.7. The first-order valence-electron chi connectivity index (χ1n) is 13.3. The van der Waals surface area contributed by atoms with Crippen LogP contribution in [-0.2, 0) is 26.2 Å². The normalized spacial score (nSPS) is 12.1. The Morgan fingerprint density at radius 3 is 2.22 bits per heavy atom. The van der Waals surface area contributed by atoms with Crippen molar-refractivity contribution in [2.45, 2.75) is 45.2 Å². The van der Waals surface area contributed by atoms with Crippen molar-refractivity contribution in [2.24, 2.45) is 5.92 Å². The summed E-state index contributed by atoms with van der Waals surface area (Å²) in [4.78, 5) is 28.3. The second-order valence-corrected chi connectivity index (χ2v) is 12.1. The molecule has 0 spiro atoms. The van der Waals surface area contributed by atoms with E-state index in [1.807, 2.05) is 13.8 Å². The third-order valence-electron chi connectivity index (χ3n) is 6.23. The standard InChI is InChI=1S/C30H35ClFN3O5S/c1-5-40-28-9-7-6-8-27(28)35(41(38,39)26-16-12-24(31)13-17-26)20-29(36)34(19-23-10-14-25(32)15-11-23)22(4)30(37)33-18-21(2)3/h6-17,21-22H,5,18-20H2,1-4H3,(H,33,37). The number of benzene rings is 3. The van der Waals surface area contributed by atoms with Crippen LogP contribution in [0.3, 0.4) is 0 Å². The van der Waals surface area contributed by atoms with E-state index in [1.165, 1.54) is 53.4 Å². The monoisotopic (exact) mass is 603 g/mol. The Kier molecular flexibility index (Phi) is 11.1. The van der Waals surface area contributed by atoms with Crippen LogP contribution < -0.4 is 14.4 Å². The van der Waals surface area contributed by atoms with E-state index >= 15 is 0 Å². The third-order valence-corrected chi connectivity index (χ3v) is 8.26. The number of rotatable bonds is 13. The van der Waals surface area contributed by atoms with Gasteiger partial charge in [-0.3, -0.25) is 13.9 Å². The van der Waals surface area contributed by atoms with Crippen LogP contribution in [0.1, 0.15) is 33.3 Å². The molecule has 41 heavy (non-hydrogen) atoms. The lowest BCUT2D eigenvalue weighted by Gasteiger charge is -2.32. The summed E-state index contributed by atoms with van der Waals surface area (Å²) in [6.07, 6.45) is 0. The molecule has 11 heteroatoms. The number of nitrogens with zero attached hydrogens (tertiary/aromatic N) is 2. The highest BCUT2D eigenvalue weighted by Crippen LogP contribution is 2.33. The molecule has 1 unspecified atom stereocenters. The molecule has 3 rings (SSSR count). The minimum atomic E-state index is -4.29. The van der Waals surface area contributed by atoms with Gasteiger partial charge in [0.1, 0.15) is 24.2 Å². The van der Waals surface area contributed by atoms with Gasteiger partial charge in [-0.1, -0.05) is 49.7 Å². The molecule has 8 nitrogen and oxygen atoms in total. The Labute approximate surface area is 246 Å². The van der Waals surface area contributed by atoms with Gasteiger partial charge in [0, 0.05) is 18.1 Å². The largest absolute Gasteiger partial charge is 0.492 e. The second kappa shape index (κ2) is 14.3. The van der Waals surface area contributed by atoms with E-state index in [0.717, 1.165) is 4.31 Å². The molecule has 0 saturated carbocycles. The lowest BCUT2D eigenvalue weighted by atomic mass is 10.1. The van der Waals surface area contributed by atoms with E-state index in [4.69, 9.17) is 16.3 Å². The minimum Gasteiger partial charge on any atom is -0.492 e. The van der Waals surface area contributed by atoms with Crippen LogP contribution in [0.4, 0.5) is 10.1 Å². The molecule has 3 aromatic carbocycles. The van der Waals surface area contributed by atoms with E-state index in [1.54, 1.807) is 38.1 Å². The van der Waals surface area contributed by atoms with E-state index in [0.29, 0.717) is 17.1 Å². The molecule has 1 N–H and O–H groups in total. The molecular formula is C30H35ClFN3O5S. The van der Waals surface area contributed by atoms with Crippen molar-refractivity contribution in [3.63, 3.8) is 0 Å². The van der Waals surface area contributed by atoms with Crippen molar-refractivity contribution in [2.75, 3.05) is 24.0 Å². The highest BCUT2D eigenvalue weighted by Gasteiger charge is 2.33. The summed E-state index contributed by atoms with van der Waals surface area (Å²) < 4.78 is 48.2. The number of carbonyl (C=O) groups excluding carboxylic acids is 2. The summed E-state index contributed by atoms with van der Waals surface area (Å²) in [6.45, 7) is 7.23. The van der Waals surface area contributed by atoms with E-state index < -0.39 is 40.2 Å². The Balaban J connectivity index is 2.06. The zero-order valence-electron chi connectivity index (χ0n) is 23.5. The van der Waals surface area contributed by atoms with Crippen molar-refractivity contribution >= 4 is 39.1 Å². The molecule has 0 radical (unpaired) electrons. The first kappa shape index (κ1) is 31.9. The maximum atomic E-state index is 14.0. The summed E-state index contributed by atoms with van der Waals surface area (Å²) >= 11 is 6.00. The smallest absolute Gasteiger partial charge is 0.264 e. The zero-order chi connectivity index (χ0) is 30.2. The van der Waals surface area contributed by atoms with Gasteiger partial charge in [-0.2, -0.15) is 0 Å². The molecule has 0 aliphatic heterocycles. The molecule has 0 fully saturated rings. The predicted molar refractivity (Wildman–Crippen MR) is 158 cm³/mol. The van der Waals surface area contributed by atoms with Gasteiger partial charge in [0.15, 0.2) is 0 Å². The first-order chi connectivity index (χ1) is 19.4. The van der Waals surface area contributed by atoms with Crippen LogP contribution >= 0.6 is 11.6 Å². The molecule has 0 aliphatic rings. The Morgan fingerprint density at radius 1 is 0.976 bits per heavy atom. The maximum absolute atomic E-state index is 14.0. The van der Waals surface area contributed by atoms with E-state index in [-0.39, 0.29) is 35.4 Å². The average Bonchev–Trinajstić information content (AvgIpc) is 2.94. The number of para-hydroxylation sites is 2. The third kappa shape index (κ3) is 8.43. The van der Waals surface area contributed by atoms with Gasteiger partial charge in [0.25, 0.3) is 10.0 Å². The van der Waals surface area contributed by atoms with Crippen molar-refractivity contribution in [1.82, 2.24) is 10.2 Å². The van der Waals surface area contributed by atoms with Crippen LogP contribution in [0.25, 0.3) is 0 Å². The fraction of sp³-hybridized carbons (Fsp3) is 0.333. The summed E-state index contributed by atoms with van der Waals surface area (Å²) in [7, 11) is -4.29. The fourth-order valence-corrected chi connectivity index (χ4v) is 5.56. The Bertz CT molecular complexity index is 1430. The molecule has 220 valence electrons. The van der Waals surface area contributed by atoms with Crippen LogP contribution in [0.2, 0.25) is 5.02 Å². The number of halogens is 2. The van der Waals surface area contributed by atoms with Crippen molar-refractivity contribution in [3.8, 4) is 5.75 Å². The number of carbonyl (C=O) groups is 2. The van der Waals surface area contributed by atoms with Crippen LogP contribution in [0, 0.1) is 11.7 Å². The molecule has 2 amide bonds. The molecule has 0 saturated heterocycles. The number of nitrogens with one attached hydrogen (secondary N) is 1. The molecule has 0 aromatic heterocycles. The zero-order valence-corrected chi connectivity index (χ0v) is 25.1. The average molecular weight is 604 g/mol. The highest BCUT2D eigenvalue weighted by molar-refractivity contribution is 7.92. The number of amides is 2. The molecule has 1 atom stereocenters. The molecule has 0 heterocycles. The van der Waals surface area contributed by atoms with E-state index in [9.17, 15) is 22.4 Å². The van der Waals surface area contributed by atoms with Gasteiger partial charge in [-0.25, -0.2) is 12.8 Å². The van der Waals surface area contributed by atoms with Crippen molar-refractivity contribution in [1.29, 1.82) is 0 Å². The number of sulfonamides is 1. The molecule has 0 bridgehead atoms. The van der Waals surface area contributed by atoms with Gasteiger partial charge in [-0.15, -0.1) is 0 Å². The molecule has 3 aromatic rings. The molecule has 0 aliphatic carbocycles. The van der Waals surface area contributed by atoms with Crippen molar-refractivity contribution in [3.05, 3.63) is 89.2 Å². The first-order valence-corrected chi connectivity index (χ1v) is 15.1. The number of ether oxygens (including phenoxy) is 1. The summed E-state index contributed by atoms with van der Waals surface area (Å²) in [5.74, 6) is -1.01. The second-order valence-electron chi connectivity index (χ2n) is 9.83. The van der Waals surface area contributed by atoms with Gasteiger partial charge in [0.05, 0.1) is 17.2 Å². The SMILES string of the molecule is CCOc1ccccc1N(CC(=O)N(Cc1ccc(F)cc1)C(C)C(=O)NCC(C)C)S(=O)(=O)c1ccc(Cl)cc1. The summed E-state index contributed by atoms with van der Waals surface area (Å²) in [5, 5.41) is 3.18. The number of anilines is 1. The van der Waals surface area contributed by atoms with Crippen LogP contribution in [0.5, 0.6) is 5.75 Å². The predicted octanol–water partition coefficient (Wildman–Crippen LogP) is 5.26. The number of hydrogen-bond donors (Lipinski definition) is 1. The highest BCUT2D eigenvalue weighted by atomic mass is 35.5. The van der Waals surface area contributed by atoms with Crippen molar-refractivity contribution < 1.29 is 27.1 Å². The molecular weight excluding hydrogens is 569 g/mol. The van der Waals surface area contributed by atoms with Gasteiger partial charge >= 0.3 is 0 Å². The lowest BCUT2D eigenvalue weighted by Crippen LogP contribution is -2.51. The quantitative estimate of drug-likeness (QED) is 0.287. The summed E-state index contributed by atoms with van der Waals surface area (Å²) in [5.41, 5.74) is 0.737. The lowest BCUT2D eigenvalue weighted by molar-refractivity contribution is -0.139. The number of hydrogen-bond acceptors (Lipinski definition) is 5.